The van der Waals surface area contributed by atoms with E-state index >= 15 is 0 Å². The van der Waals surface area contributed by atoms with Crippen molar-refractivity contribution >= 4 is 11.8 Å². The summed E-state index contributed by atoms with van der Waals surface area (Å²) in [6.07, 6.45) is 2.34. The second-order valence-corrected chi connectivity index (χ2v) is 5.59. The first kappa shape index (κ1) is 16.3. The molecule has 0 bridgehead atoms. The maximum Gasteiger partial charge on any atom is 0.309 e. The van der Waals surface area contributed by atoms with Crippen LogP contribution in [0.4, 0.5) is 0 Å². The summed E-state index contributed by atoms with van der Waals surface area (Å²) in [6, 6.07) is 7.66. The van der Waals surface area contributed by atoms with Crippen LogP contribution in [0.2, 0.25) is 0 Å². The second-order valence-electron chi connectivity index (χ2n) is 5.59. The molecule has 2 atom stereocenters. The monoisotopic (exact) mass is 305 g/mol. The molecule has 1 saturated heterocycles. The van der Waals surface area contributed by atoms with Crippen molar-refractivity contribution < 1.29 is 14.6 Å². The van der Waals surface area contributed by atoms with E-state index in [1.54, 1.807) is 19.1 Å². The molecule has 1 aliphatic rings. The lowest BCUT2D eigenvalue weighted by molar-refractivity contribution is -0.142. The van der Waals surface area contributed by atoms with Gasteiger partial charge in [-0.3, -0.25) is 9.79 Å². The minimum Gasteiger partial charge on any atom is -0.493 e. The fourth-order valence-electron chi connectivity index (χ4n) is 2.23. The molecule has 0 amide bonds. The quantitative estimate of drug-likeness (QED) is 0.520. The van der Waals surface area contributed by atoms with Crippen molar-refractivity contribution in [1.82, 2.24) is 5.32 Å². The van der Waals surface area contributed by atoms with Gasteiger partial charge >= 0.3 is 5.97 Å². The summed E-state index contributed by atoms with van der Waals surface area (Å²) in [7, 11) is 0. The van der Waals surface area contributed by atoms with Crippen LogP contribution >= 0.6 is 0 Å². The number of rotatable bonds is 7. The summed E-state index contributed by atoms with van der Waals surface area (Å²) in [6.45, 7) is 3.51. The highest BCUT2D eigenvalue weighted by atomic mass is 16.5. The third-order valence-corrected chi connectivity index (χ3v) is 3.72. The average molecular weight is 305 g/mol. The fraction of sp³-hybridized carbons (Fsp3) is 0.500. The van der Waals surface area contributed by atoms with Crippen molar-refractivity contribution in [3.8, 4) is 5.75 Å². The Kier molecular flexibility index (Phi) is 5.77. The van der Waals surface area contributed by atoms with Gasteiger partial charge in [0.1, 0.15) is 18.2 Å². The minimum atomic E-state index is -0.867. The van der Waals surface area contributed by atoms with E-state index in [0.717, 1.165) is 18.5 Å². The standard InChI is InChI=1S/C16H23N3O3/c1-11(16(20)21)10-22-14-6-4-12(5-7-14)15(17)19-9-13-3-2-8-18-13/h4-7,11,13,18H,2-3,8-10H2,1H3,(H2,17,19)(H,20,21)/t11-,13?/m0/s1. The molecule has 120 valence electrons. The molecule has 22 heavy (non-hydrogen) atoms. The van der Waals surface area contributed by atoms with Crippen LogP contribution in [-0.4, -0.2) is 42.6 Å². The zero-order valence-electron chi connectivity index (χ0n) is 12.8. The fourth-order valence-corrected chi connectivity index (χ4v) is 2.23. The third-order valence-electron chi connectivity index (χ3n) is 3.72. The van der Waals surface area contributed by atoms with Gasteiger partial charge in [-0.2, -0.15) is 0 Å². The highest BCUT2D eigenvalue weighted by molar-refractivity contribution is 5.97. The summed E-state index contributed by atoms with van der Waals surface area (Å²) in [5.41, 5.74) is 6.83. The van der Waals surface area contributed by atoms with E-state index in [2.05, 4.69) is 10.3 Å². The Balaban J connectivity index is 1.87. The molecule has 0 aliphatic carbocycles. The van der Waals surface area contributed by atoms with Crippen molar-refractivity contribution in [3.63, 3.8) is 0 Å². The zero-order valence-corrected chi connectivity index (χ0v) is 12.8. The first-order valence-electron chi connectivity index (χ1n) is 7.55. The molecular formula is C16H23N3O3. The smallest absolute Gasteiger partial charge is 0.309 e. The summed E-state index contributed by atoms with van der Waals surface area (Å²) in [5, 5.41) is 12.2. The Bertz CT molecular complexity index is 522. The summed E-state index contributed by atoms with van der Waals surface area (Å²) in [5.74, 6) is -0.264. The van der Waals surface area contributed by atoms with Gasteiger partial charge in [-0.1, -0.05) is 0 Å². The number of carboxylic acids is 1. The van der Waals surface area contributed by atoms with Crippen molar-refractivity contribution in [1.29, 1.82) is 0 Å². The molecule has 2 rings (SSSR count). The van der Waals surface area contributed by atoms with Gasteiger partial charge in [0.25, 0.3) is 0 Å². The van der Waals surface area contributed by atoms with Crippen LogP contribution in [0.3, 0.4) is 0 Å². The van der Waals surface area contributed by atoms with E-state index in [1.807, 2.05) is 12.1 Å². The van der Waals surface area contributed by atoms with Gasteiger partial charge in [0.05, 0.1) is 12.5 Å². The Hall–Kier alpha value is -2.08. The van der Waals surface area contributed by atoms with Crippen molar-refractivity contribution in [3.05, 3.63) is 29.8 Å². The first-order valence-corrected chi connectivity index (χ1v) is 7.55. The number of hydrogen-bond acceptors (Lipinski definition) is 4. The lowest BCUT2D eigenvalue weighted by Gasteiger charge is -2.10. The largest absolute Gasteiger partial charge is 0.493 e. The molecular weight excluding hydrogens is 282 g/mol. The number of nitrogens with two attached hydrogens (primary N) is 1. The first-order chi connectivity index (χ1) is 10.6. The van der Waals surface area contributed by atoms with E-state index in [1.165, 1.54) is 6.42 Å². The molecule has 1 aliphatic heterocycles. The van der Waals surface area contributed by atoms with E-state index in [0.29, 0.717) is 24.2 Å². The molecule has 6 heteroatoms. The number of carbonyl (C=O) groups is 1. The molecule has 1 aromatic carbocycles. The molecule has 1 heterocycles. The highest BCUT2D eigenvalue weighted by Crippen LogP contribution is 2.14. The van der Waals surface area contributed by atoms with E-state index in [-0.39, 0.29) is 6.61 Å². The van der Waals surface area contributed by atoms with E-state index in [4.69, 9.17) is 15.6 Å². The Labute approximate surface area is 130 Å². The number of amidine groups is 1. The average Bonchev–Trinajstić information content (AvgIpc) is 3.04. The maximum absolute atomic E-state index is 10.7. The van der Waals surface area contributed by atoms with Crippen LogP contribution in [0.5, 0.6) is 5.75 Å². The number of nitrogens with zero attached hydrogens (tertiary/aromatic N) is 1. The molecule has 0 spiro atoms. The van der Waals surface area contributed by atoms with Gasteiger partial charge in [0.2, 0.25) is 0 Å². The highest BCUT2D eigenvalue weighted by Gasteiger charge is 2.13. The van der Waals surface area contributed by atoms with E-state index < -0.39 is 11.9 Å². The van der Waals surface area contributed by atoms with Crippen molar-refractivity contribution in [2.45, 2.75) is 25.8 Å². The van der Waals surface area contributed by atoms with Crippen LogP contribution < -0.4 is 15.8 Å². The zero-order chi connectivity index (χ0) is 15.9. The van der Waals surface area contributed by atoms with Crippen molar-refractivity contribution in [2.75, 3.05) is 19.7 Å². The minimum absolute atomic E-state index is 0.144. The molecule has 0 saturated carbocycles. The number of carboxylic acid groups (broad SMARTS) is 1. The molecule has 1 fully saturated rings. The number of nitrogens with one attached hydrogen (secondary N) is 1. The normalized spacial score (nSPS) is 19.9. The van der Waals surface area contributed by atoms with Crippen LogP contribution in [0.15, 0.2) is 29.3 Å². The van der Waals surface area contributed by atoms with Gasteiger partial charge in [-0.05, 0) is 50.6 Å². The Morgan fingerprint density at radius 3 is 2.82 bits per heavy atom. The second kappa shape index (κ2) is 7.79. The van der Waals surface area contributed by atoms with Gasteiger partial charge in [-0.25, -0.2) is 0 Å². The molecule has 0 aromatic heterocycles. The number of aliphatic imine (C=N–C) groups is 1. The Morgan fingerprint density at radius 1 is 1.50 bits per heavy atom. The van der Waals surface area contributed by atoms with Gasteiger partial charge < -0.3 is 20.9 Å². The predicted octanol–water partition coefficient (Wildman–Crippen LogP) is 1.24. The van der Waals surface area contributed by atoms with Crippen LogP contribution in [-0.2, 0) is 4.79 Å². The topological polar surface area (TPSA) is 96.9 Å². The SMILES string of the molecule is C[C@@H](COc1ccc(C(N)=NCC2CCCN2)cc1)C(=O)O. The molecule has 1 unspecified atom stereocenters. The van der Waals surface area contributed by atoms with Gasteiger partial charge in [0, 0.05) is 11.6 Å². The molecule has 6 nitrogen and oxygen atoms in total. The Morgan fingerprint density at radius 2 is 2.23 bits per heavy atom. The van der Waals surface area contributed by atoms with Gasteiger partial charge in [-0.15, -0.1) is 0 Å². The van der Waals surface area contributed by atoms with Crippen LogP contribution in [0, 0.1) is 5.92 Å². The molecule has 1 aromatic rings. The summed E-state index contributed by atoms with van der Waals surface area (Å²) < 4.78 is 5.43. The maximum atomic E-state index is 10.7. The van der Waals surface area contributed by atoms with Crippen molar-refractivity contribution in [2.24, 2.45) is 16.6 Å². The number of benzene rings is 1. The van der Waals surface area contributed by atoms with Gasteiger partial charge in [0.15, 0.2) is 0 Å². The lowest BCUT2D eigenvalue weighted by Crippen LogP contribution is -2.26. The van der Waals surface area contributed by atoms with Crippen LogP contribution in [0.25, 0.3) is 0 Å². The number of aliphatic carboxylic acids is 1. The number of ether oxygens (including phenoxy) is 1. The molecule has 0 radical (unpaired) electrons. The molecule has 4 N–H and O–H groups in total. The lowest BCUT2D eigenvalue weighted by atomic mass is 10.2. The van der Waals surface area contributed by atoms with Crippen LogP contribution in [0.1, 0.15) is 25.3 Å². The third kappa shape index (κ3) is 4.73. The van der Waals surface area contributed by atoms with E-state index in [9.17, 15) is 4.79 Å². The predicted molar refractivity (Wildman–Crippen MR) is 85.4 cm³/mol. The summed E-state index contributed by atoms with van der Waals surface area (Å²) in [4.78, 5) is 15.1. The summed E-state index contributed by atoms with van der Waals surface area (Å²) >= 11 is 0. The number of hydrogen-bond donors (Lipinski definition) is 3.